The number of carbonyl (C=O) groups is 1. The monoisotopic (exact) mass is 272 g/mol. The lowest BCUT2D eigenvalue weighted by molar-refractivity contribution is 0.102. The van der Waals surface area contributed by atoms with Crippen molar-refractivity contribution in [3.8, 4) is 0 Å². The molecule has 0 aliphatic rings. The molecule has 0 aliphatic heterocycles. The van der Waals surface area contributed by atoms with E-state index in [4.69, 9.17) is 0 Å². The van der Waals surface area contributed by atoms with E-state index in [0.29, 0.717) is 16.9 Å². The fourth-order valence-corrected chi connectivity index (χ4v) is 1.61. The van der Waals surface area contributed by atoms with Crippen LogP contribution in [0.25, 0.3) is 0 Å². The average molecular weight is 272 g/mol. The summed E-state index contributed by atoms with van der Waals surface area (Å²) >= 11 is 4.49. The number of aliphatic imine (C=N–C) groups is 1. The zero-order valence-electron chi connectivity index (χ0n) is 9.76. The third-order valence-corrected chi connectivity index (χ3v) is 2.48. The summed E-state index contributed by atoms with van der Waals surface area (Å²) in [4.78, 5) is 15.7. The summed E-state index contributed by atoms with van der Waals surface area (Å²) in [6.07, 6.45) is 0. The van der Waals surface area contributed by atoms with Crippen LogP contribution in [0, 0.1) is 5.82 Å². The van der Waals surface area contributed by atoms with Crippen LogP contribution in [0.1, 0.15) is 10.4 Å². The minimum Gasteiger partial charge on any atom is -0.322 e. The maximum atomic E-state index is 13.0. The van der Waals surface area contributed by atoms with Crippen LogP contribution in [0.2, 0.25) is 0 Å². The molecule has 2 aromatic rings. The Bertz CT molecular complexity index is 649. The molecule has 2 aromatic carbocycles. The summed E-state index contributed by atoms with van der Waals surface area (Å²) in [5.74, 6) is -0.716. The fraction of sp³-hybridized carbons (Fsp3) is 0. The van der Waals surface area contributed by atoms with E-state index < -0.39 is 5.82 Å². The van der Waals surface area contributed by atoms with Gasteiger partial charge in [-0.15, -0.1) is 0 Å². The number of nitrogens with one attached hydrogen (secondary N) is 1. The smallest absolute Gasteiger partial charge is 0.255 e. The minimum atomic E-state index is -0.400. The van der Waals surface area contributed by atoms with E-state index in [1.165, 1.54) is 18.2 Å². The Hall–Kier alpha value is -2.36. The standard InChI is InChI=1S/C14H9FN2OS/c15-11-2-1-3-13(8-11)17-14(18)10-4-6-12(7-5-10)16-9-19/h1-8H,(H,17,18). The number of carbonyl (C=O) groups excluding carboxylic acids is 1. The van der Waals surface area contributed by atoms with Crippen LogP contribution in [-0.2, 0) is 0 Å². The third-order valence-electron chi connectivity index (χ3n) is 2.39. The molecule has 94 valence electrons. The highest BCUT2D eigenvalue weighted by molar-refractivity contribution is 7.78. The molecule has 2 rings (SSSR count). The zero-order chi connectivity index (χ0) is 13.7. The number of hydrogen-bond donors (Lipinski definition) is 1. The van der Waals surface area contributed by atoms with Gasteiger partial charge in [0.05, 0.1) is 10.8 Å². The molecular formula is C14H9FN2OS. The lowest BCUT2D eigenvalue weighted by Crippen LogP contribution is -2.11. The van der Waals surface area contributed by atoms with Crippen molar-refractivity contribution in [3.63, 3.8) is 0 Å². The van der Waals surface area contributed by atoms with Crippen molar-refractivity contribution in [1.82, 2.24) is 0 Å². The second-order valence-corrected chi connectivity index (χ2v) is 3.90. The van der Waals surface area contributed by atoms with Crippen LogP contribution < -0.4 is 5.32 Å². The first-order chi connectivity index (χ1) is 9.19. The van der Waals surface area contributed by atoms with Crippen molar-refractivity contribution in [3.05, 3.63) is 59.9 Å². The van der Waals surface area contributed by atoms with Gasteiger partial charge in [0.25, 0.3) is 5.91 Å². The molecule has 1 amide bonds. The molecule has 0 saturated carbocycles. The number of hydrogen-bond acceptors (Lipinski definition) is 3. The molecule has 0 radical (unpaired) electrons. The number of isothiocyanates is 1. The van der Waals surface area contributed by atoms with Gasteiger partial charge in [0.2, 0.25) is 0 Å². The molecule has 0 aromatic heterocycles. The number of nitrogens with zero attached hydrogens (tertiary/aromatic N) is 1. The van der Waals surface area contributed by atoms with E-state index >= 15 is 0 Å². The van der Waals surface area contributed by atoms with Gasteiger partial charge in [-0.05, 0) is 54.7 Å². The van der Waals surface area contributed by atoms with E-state index in [-0.39, 0.29) is 5.91 Å². The van der Waals surface area contributed by atoms with Crippen LogP contribution in [0.15, 0.2) is 53.5 Å². The molecule has 0 bridgehead atoms. The molecule has 5 heteroatoms. The second kappa shape index (κ2) is 6.00. The van der Waals surface area contributed by atoms with E-state index in [0.717, 1.165) is 0 Å². The summed E-state index contributed by atoms with van der Waals surface area (Å²) in [7, 11) is 0. The van der Waals surface area contributed by atoms with Crippen molar-refractivity contribution in [2.75, 3.05) is 5.32 Å². The van der Waals surface area contributed by atoms with Gasteiger partial charge in [-0.25, -0.2) is 4.39 Å². The molecule has 0 atom stereocenters. The van der Waals surface area contributed by atoms with Crippen LogP contribution in [0.4, 0.5) is 15.8 Å². The van der Waals surface area contributed by atoms with Crippen LogP contribution in [-0.4, -0.2) is 11.1 Å². The molecule has 19 heavy (non-hydrogen) atoms. The van der Waals surface area contributed by atoms with Crippen molar-refractivity contribution in [1.29, 1.82) is 0 Å². The quantitative estimate of drug-likeness (QED) is 0.682. The van der Waals surface area contributed by atoms with Crippen LogP contribution in [0.3, 0.4) is 0 Å². The largest absolute Gasteiger partial charge is 0.322 e. The average Bonchev–Trinajstić information content (AvgIpc) is 2.40. The van der Waals surface area contributed by atoms with Gasteiger partial charge >= 0.3 is 0 Å². The summed E-state index contributed by atoms with van der Waals surface area (Å²) in [5.41, 5.74) is 1.48. The molecule has 0 spiro atoms. The molecule has 1 N–H and O–H groups in total. The third kappa shape index (κ3) is 3.55. The summed E-state index contributed by atoms with van der Waals surface area (Å²) in [6.45, 7) is 0. The first-order valence-corrected chi connectivity index (χ1v) is 5.85. The van der Waals surface area contributed by atoms with Gasteiger partial charge in [-0.3, -0.25) is 4.79 Å². The summed E-state index contributed by atoms with van der Waals surface area (Å²) in [5, 5.41) is 4.85. The van der Waals surface area contributed by atoms with Gasteiger partial charge < -0.3 is 5.32 Å². The minimum absolute atomic E-state index is 0.316. The maximum Gasteiger partial charge on any atom is 0.255 e. The molecule has 0 heterocycles. The highest BCUT2D eigenvalue weighted by Crippen LogP contribution is 2.15. The molecule has 0 unspecified atom stereocenters. The Morgan fingerprint density at radius 3 is 2.58 bits per heavy atom. The number of anilines is 1. The van der Waals surface area contributed by atoms with Crippen LogP contribution in [0.5, 0.6) is 0 Å². The normalized spacial score (nSPS) is 9.53. The topological polar surface area (TPSA) is 41.5 Å². The SMILES string of the molecule is O=C(Nc1cccc(F)c1)c1ccc(N=C=S)cc1. The predicted octanol–water partition coefficient (Wildman–Crippen LogP) is 3.81. The Labute approximate surface area is 114 Å². The van der Waals surface area contributed by atoms with Crippen molar-refractivity contribution in [2.24, 2.45) is 4.99 Å². The Balaban J connectivity index is 2.13. The number of halogens is 1. The first kappa shape index (κ1) is 13.1. The van der Waals surface area contributed by atoms with E-state index in [9.17, 15) is 9.18 Å². The Morgan fingerprint density at radius 2 is 1.95 bits per heavy atom. The van der Waals surface area contributed by atoms with Gasteiger partial charge in [0.1, 0.15) is 5.82 Å². The van der Waals surface area contributed by atoms with Gasteiger partial charge in [-0.1, -0.05) is 6.07 Å². The van der Waals surface area contributed by atoms with E-state index in [2.05, 4.69) is 27.7 Å². The lowest BCUT2D eigenvalue weighted by Gasteiger charge is -2.05. The van der Waals surface area contributed by atoms with Crippen molar-refractivity contribution in [2.45, 2.75) is 0 Å². The number of benzene rings is 2. The Morgan fingerprint density at radius 1 is 1.21 bits per heavy atom. The summed E-state index contributed by atoms with van der Waals surface area (Å²) in [6, 6.07) is 12.2. The maximum absolute atomic E-state index is 13.0. The van der Waals surface area contributed by atoms with E-state index in [1.54, 1.807) is 30.3 Å². The number of rotatable bonds is 3. The fourth-order valence-electron chi connectivity index (χ4n) is 1.51. The predicted molar refractivity (Wildman–Crippen MR) is 75.5 cm³/mol. The van der Waals surface area contributed by atoms with Crippen LogP contribution >= 0.6 is 12.2 Å². The van der Waals surface area contributed by atoms with E-state index in [1.807, 2.05) is 0 Å². The molecule has 0 fully saturated rings. The van der Waals surface area contributed by atoms with Gasteiger partial charge in [0, 0.05) is 11.3 Å². The van der Waals surface area contributed by atoms with Gasteiger partial charge in [0.15, 0.2) is 0 Å². The number of thiocarbonyl (C=S) groups is 1. The Kier molecular flexibility index (Phi) is 4.13. The molecule has 3 nitrogen and oxygen atoms in total. The van der Waals surface area contributed by atoms with Gasteiger partial charge in [-0.2, -0.15) is 4.99 Å². The number of amides is 1. The molecule has 0 saturated heterocycles. The lowest BCUT2D eigenvalue weighted by atomic mass is 10.2. The van der Waals surface area contributed by atoms with Crippen molar-refractivity contribution < 1.29 is 9.18 Å². The highest BCUT2D eigenvalue weighted by Gasteiger charge is 2.06. The zero-order valence-corrected chi connectivity index (χ0v) is 10.6. The highest BCUT2D eigenvalue weighted by atomic mass is 32.1. The molecular weight excluding hydrogens is 263 g/mol. The molecule has 0 aliphatic carbocycles. The summed E-state index contributed by atoms with van der Waals surface area (Å²) < 4.78 is 13.0. The van der Waals surface area contributed by atoms with Crippen molar-refractivity contribution >= 4 is 34.7 Å². The second-order valence-electron chi connectivity index (χ2n) is 3.71. The first-order valence-electron chi connectivity index (χ1n) is 5.44.